The van der Waals surface area contributed by atoms with Gasteiger partial charge in [0.15, 0.2) is 0 Å². The Morgan fingerprint density at radius 1 is 1.61 bits per heavy atom. The van der Waals surface area contributed by atoms with Crippen LogP contribution in [-0.4, -0.2) is 39.2 Å². The van der Waals surface area contributed by atoms with E-state index >= 15 is 0 Å². The Morgan fingerprint density at radius 3 is 2.94 bits per heavy atom. The van der Waals surface area contributed by atoms with Crippen molar-refractivity contribution in [2.24, 2.45) is 5.92 Å². The van der Waals surface area contributed by atoms with E-state index in [1.165, 1.54) is 6.33 Å². The average Bonchev–Trinajstić information content (AvgIpc) is 2.32. The minimum absolute atomic E-state index is 0.0366. The van der Waals surface area contributed by atoms with E-state index in [0.29, 0.717) is 19.5 Å². The molecule has 0 spiro atoms. The first-order valence-corrected chi connectivity index (χ1v) is 5.68. The molecule has 1 aliphatic heterocycles. The fraction of sp³-hybridized carbons (Fsp3) is 0.600. The van der Waals surface area contributed by atoms with E-state index in [9.17, 15) is 15.2 Å². The number of nitrogens with two attached hydrogens (primary N) is 1. The molecule has 98 valence electrons. The van der Waals surface area contributed by atoms with Crippen molar-refractivity contribution in [2.75, 3.05) is 23.7 Å². The highest BCUT2D eigenvalue weighted by Crippen LogP contribution is 2.32. The number of rotatable bonds is 2. The molecule has 8 nitrogen and oxygen atoms in total. The smallest absolute Gasteiger partial charge is 0.353 e. The molecule has 18 heavy (non-hydrogen) atoms. The summed E-state index contributed by atoms with van der Waals surface area (Å²) in [6, 6.07) is 0. The highest BCUT2D eigenvalue weighted by Gasteiger charge is 2.31. The third-order valence-electron chi connectivity index (χ3n) is 3.17. The quantitative estimate of drug-likeness (QED) is 0.569. The number of aliphatic hydroxyl groups is 1. The fourth-order valence-electron chi connectivity index (χ4n) is 2.11. The molecule has 0 radical (unpaired) electrons. The molecule has 3 N–H and O–H groups in total. The minimum atomic E-state index is -0.569. The number of anilines is 2. The largest absolute Gasteiger partial charge is 0.393 e. The van der Waals surface area contributed by atoms with Gasteiger partial charge < -0.3 is 15.7 Å². The highest BCUT2D eigenvalue weighted by atomic mass is 16.6. The Bertz CT molecular complexity index is 467. The molecule has 1 fully saturated rings. The van der Waals surface area contributed by atoms with Crippen molar-refractivity contribution < 1.29 is 10.0 Å². The predicted molar refractivity (Wildman–Crippen MR) is 65.1 cm³/mol. The lowest BCUT2D eigenvalue weighted by atomic mass is 9.97. The maximum absolute atomic E-state index is 11.0. The van der Waals surface area contributed by atoms with Crippen molar-refractivity contribution in [3.8, 4) is 0 Å². The van der Waals surface area contributed by atoms with E-state index in [4.69, 9.17) is 5.73 Å². The predicted octanol–water partition coefficient (Wildman–Crippen LogP) is 0.174. The van der Waals surface area contributed by atoms with Crippen molar-refractivity contribution in [1.82, 2.24) is 9.97 Å². The number of aliphatic hydroxyl groups excluding tert-OH is 1. The molecule has 1 aliphatic rings. The summed E-state index contributed by atoms with van der Waals surface area (Å²) in [6.45, 7) is 2.93. The van der Waals surface area contributed by atoms with Crippen molar-refractivity contribution in [2.45, 2.75) is 19.4 Å². The maximum atomic E-state index is 11.0. The molecular weight excluding hydrogens is 238 g/mol. The van der Waals surface area contributed by atoms with Gasteiger partial charge in [0.1, 0.15) is 6.33 Å². The number of nitrogen functional groups attached to an aromatic ring is 1. The molecular formula is C10H15N5O3. The molecule has 8 heteroatoms. The lowest BCUT2D eigenvalue weighted by molar-refractivity contribution is -0.383. The van der Waals surface area contributed by atoms with Crippen LogP contribution in [0.1, 0.15) is 13.3 Å². The van der Waals surface area contributed by atoms with Gasteiger partial charge in [-0.1, -0.05) is 6.92 Å². The van der Waals surface area contributed by atoms with Gasteiger partial charge in [0.25, 0.3) is 0 Å². The van der Waals surface area contributed by atoms with Gasteiger partial charge in [-0.2, -0.15) is 0 Å². The number of nitro groups is 1. The summed E-state index contributed by atoms with van der Waals surface area (Å²) in [7, 11) is 0. The monoisotopic (exact) mass is 253 g/mol. The average molecular weight is 253 g/mol. The summed E-state index contributed by atoms with van der Waals surface area (Å²) < 4.78 is 0. The van der Waals surface area contributed by atoms with Crippen LogP contribution in [0.4, 0.5) is 17.3 Å². The molecule has 2 rings (SSSR count). The zero-order valence-corrected chi connectivity index (χ0v) is 9.98. The molecule has 1 saturated heterocycles. The topological polar surface area (TPSA) is 118 Å². The van der Waals surface area contributed by atoms with Crippen molar-refractivity contribution in [3.05, 3.63) is 16.4 Å². The van der Waals surface area contributed by atoms with Crippen LogP contribution in [0, 0.1) is 16.0 Å². The van der Waals surface area contributed by atoms with Crippen LogP contribution in [0.2, 0.25) is 0 Å². The zero-order valence-electron chi connectivity index (χ0n) is 9.98. The third-order valence-corrected chi connectivity index (χ3v) is 3.17. The first-order chi connectivity index (χ1) is 8.50. The minimum Gasteiger partial charge on any atom is -0.393 e. The van der Waals surface area contributed by atoms with Gasteiger partial charge in [0.2, 0.25) is 11.6 Å². The van der Waals surface area contributed by atoms with Gasteiger partial charge in [0.05, 0.1) is 11.0 Å². The van der Waals surface area contributed by atoms with Crippen LogP contribution in [0.15, 0.2) is 6.33 Å². The van der Waals surface area contributed by atoms with Crippen LogP contribution in [0.5, 0.6) is 0 Å². The number of aromatic nitrogens is 2. The third kappa shape index (κ3) is 2.19. The summed E-state index contributed by atoms with van der Waals surface area (Å²) in [5.41, 5.74) is 5.26. The van der Waals surface area contributed by atoms with Gasteiger partial charge >= 0.3 is 5.69 Å². The molecule has 2 heterocycles. The van der Waals surface area contributed by atoms with E-state index in [0.717, 1.165) is 0 Å². The lowest BCUT2D eigenvalue weighted by Gasteiger charge is -2.34. The Balaban J connectivity index is 2.34. The standard InChI is InChI=1S/C10H15N5O3/c1-6-4-14(3-2-7(6)16)10-8(15(17)18)9(11)12-5-13-10/h5-7,16H,2-4H2,1H3,(H2,11,12,13). The Hall–Kier alpha value is -1.96. The summed E-state index contributed by atoms with van der Waals surface area (Å²) in [6.07, 6.45) is 1.40. The molecule has 1 aromatic heterocycles. The highest BCUT2D eigenvalue weighted by molar-refractivity contribution is 5.68. The Labute approximate surface area is 104 Å². The maximum Gasteiger partial charge on any atom is 0.353 e. The zero-order chi connectivity index (χ0) is 13.3. The number of hydrogen-bond acceptors (Lipinski definition) is 7. The summed E-state index contributed by atoms with van der Waals surface area (Å²) in [4.78, 5) is 19.8. The van der Waals surface area contributed by atoms with Crippen molar-refractivity contribution in [1.29, 1.82) is 0 Å². The molecule has 0 aromatic carbocycles. The van der Waals surface area contributed by atoms with Crippen molar-refractivity contribution >= 4 is 17.3 Å². The molecule has 2 atom stereocenters. The summed E-state index contributed by atoms with van der Waals surface area (Å²) in [5.74, 6) is 0.129. The van der Waals surface area contributed by atoms with Crippen molar-refractivity contribution in [3.63, 3.8) is 0 Å². The normalized spacial score (nSPS) is 24.0. The van der Waals surface area contributed by atoms with Crippen LogP contribution < -0.4 is 10.6 Å². The molecule has 2 unspecified atom stereocenters. The van der Waals surface area contributed by atoms with Gasteiger partial charge in [-0.3, -0.25) is 10.1 Å². The lowest BCUT2D eigenvalue weighted by Crippen LogP contribution is -2.42. The van der Waals surface area contributed by atoms with Gasteiger partial charge in [-0.05, 0) is 12.3 Å². The first kappa shape index (κ1) is 12.5. The van der Waals surface area contributed by atoms with Gasteiger partial charge in [0, 0.05) is 13.1 Å². The Morgan fingerprint density at radius 2 is 2.33 bits per heavy atom. The molecule has 1 aromatic rings. The SMILES string of the molecule is CC1CN(c2ncnc(N)c2[N+](=O)[O-])CCC1O. The Kier molecular flexibility index (Phi) is 3.28. The summed E-state index contributed by atoms with van der Waals surface area (Å²) >= 11 is 0. The summed E-state index contributed by atoms with van der Waals surface area (Å²) in [5, 5.41) is 20.7. The second-order valence-corrected chi connectivity index (χ2v) is 4.47. The molecule has 0 aliphatic carbocycles. The molecule has 0 amide bonds. The second kappa shape index (κ2) is 4.73. The van der Waals surface area contributed by atoms with Crippen LogP contribution >= 0.6 is 0 Å². The van der Waals surface area contributed by atoms with E-state index in [1.807, 2.05) is 6.92 Å². The van der Waals surface area contributed by atoms with E-state index < -0.39 is 4.92 Å². The van der Waals surface area contributed by atoms with Gasteiger partial charge in [-0.15, -0.1) is 0 Å². The number of hydrogen-bond donors (Lipinski definition) is 2. The van der Waals surface area contributed by atoms with Crippen LogP contribution in [0.3, 0.4) is 0 Å². The van der Waals surface area contributed by atoms with E-state index in [2.05, 4.69) is 9.97 Å². The van der Waals surface area contributed by atoms with Crippen LogP contribution in [-0.2, 0) is 0 Å². The second-order valence-electron chi connectivity index (χ2n) is 4.47. The van der Waals surface area contributed by atoms with Crippen LogP contribution in [0.25, 0.3) is 0 Å². The number of piperidine rings is 1. The van der Waals surface area contributed by atoms with E-state index in [1.54, 1.807) is 4.90 Å². The van der Waals surface area contributed by atoms with E-state index in [-0.39, 0.29) is 29.3 Å². The molecule has 0 bridgehead atoms. The molecule has 0 saturated carbocycles. The van der Waals surface area contributed by atoms with Gasteiger partial charge in [-0.25, -0.2) is 9.97 Å². The first-order valence-electron chi connectivity index (χ1n) is 5.68. The fourth-order valence-corrected chi connectivity index (χ4v) is 2.11. The number of nitrogens with zero attached hydrogens (tertiary/aromatic N) is 4.